The van der Waals surface area contributed by atoms with Gasteiger partial charge in [0.25, 0.3) is 0 Å². The maximum atomic E-state index is 10.6. The van der Waals surface area contributed by atoms with E-state index in [0.717, 1.165) is 12.1 Å². The van der Waals surface area contributed by atoms with Gasteiger partial charge >= 0.3 is 0 Å². The third-order valence-electron chi connectivity index (χ3n) is 1.97. The SMILES string of the molecule is CC(=O)NCCc1ccc(NC=S)cc1. The van der Waals surface area contributed by atoms with Gasteiger partial charge < -0.3 is 10.6 Å². The number of rotatable bonds is 5. The standard InChI is InChI=1S/C11H14N2OS/c1-9(14)12-7-6-10-2-4-11(5-3-10)13-8-15/h2-5,8H,6-7H2,1H3,(H,12,14)(H,13,15). The molecule has 4 heteroatoms. The fourth-order valence-electron chi connectivity index (χ4n) is 1.22. The minimum atomic E-state index is 0.00833. The number of nitrogens with one attached hydrogen (secondary N) is 2. The molecular weight excluding hydrogens is 208 g/mol. The molecule has 0 atom stereocenters. The van der Waals surface area contributed by atoms with Crippen molar-refractivity contribution in [3.05, 3.63) is 29.8 Å². The van der Waals surface area contributed by atoms with E-state index >= 15 is 0 Å². The van der Waals surface area contributed by atoms with Crippen molar-refractivity contribution in [2.24, 2.45) is 0 Å². The number of carbonyl (C=O) groups excluding carboxylic acids is 1. The van der Waals surface area contributed by atoms with E-state index in [0.29, 0.717) is 6.54 Å². The van der Waals surface area contributed by atoms with Gasteiger partial charge in [0.05, 0.1) is 5.49 Å². The smallest absolute Gasteiger partial charge is 0.216 e. The first-order valence-electron chi connectivity index (χ1n) is 4.76. The lowest BCUT2D eigenvalue weighted by Gasteiger charge is -2.04. The second-order valence-corrected chi connectivity index (χ2v) is 3.43. The summed E-state index contributed by atoms with van der Waals surface area (Å²) < 4.78 is 0. The molecule has 80 valence electrons. The molecule has 2 N–H and O–H groups in total. The second-order valence-electron chi connectivity index (χ2n) is 3.19. The van der Waals surface area contributed by atoms with Crippen molar-refractivity contribution in [2.45, 2.75) is 13.3 Å². The Bertz CT molecular complexity index is 335. The molecular formula is C11H14N2OS. The van der Waals surface area contributed by atoms with Crippen molar-refractivity contribution in [3.8, 4) is 0 Å². The predicted molar refractivity (Wildman–Crippen MR) is 66.1 cm³/mol. The van der Waals surface area contributed by atoms with Gasteiger partial charge in [0, 0.05) is 19.2 Å². The summed E-state index contributed by atoms with van der Waals surface area (Å²) in [5.41, 5.74) is 3.65. The predicted octanol–water partition coefficient (Wildman–Crippen LogP) is 1.73. The molecule has 0 radical (unpaired) electrons. The zero-order chi connectivity index (χ0) is 11.1. The Hall–Kier alpha value is -1.42. The van der Waals surface area contributed by atoms with Gasteiger partial charge in [-0.3, -0.25) is 4.79 Å². The minimum absolute atomic E-state index is 0.00833. The van der Waals surface area contributed by atoms with Crippen LogP contribution in [0.25, 0.3) is 0 Å². The fourth-order valence-corrected chi connectivity index (χ4v) is 1.35. The van der Waals surface area contributed by atoms with Crippen molar-refractivity contribution in [1.82, 2.24) is 5.32 Å². The Morgan fingerprint density at radius 1 is 1.40 bits per heavy atom. The molecule has 0 saturated heterocycles. The lowest BCUT2D eigenvalue weighted by Crippen LogP contribution is -2.22. The quantitative estimate of drug-likeness (QED) is 0.746. The van der Waals surface area contributed by atoms with Crippen LogP contribution in [0.4, 0.5) is 5.69 Å². The van der Waals surface area contributed by atoms with E-state index in [4.69, 9.17) is 0 Å². The van der Waals surface area contributed by atoms with Crippen molar-refractivity contribution in [2.75, 3.05) is 11.9 Å². The monoisotopic (exact) mass is 222 g/mol. The Labute approximate surface area is 94.9 Å². The normalized spacial score (nSPS) is 9.40. The summed E-state index contributed by atoms with van der Waals surface area (Å²) in [6.07, 6.45) is 0.845. The number of anilines is 1. The molecule has 0 bridgehead atoms. The molecule has 1 rings (SSSR count). The van der Waals surface area contributed by atoms with Crippen molar-refractivity contribution >= 4 is 29.3 Å². The van der Waals surface area contributed by atoms with E-state index in [2.05, 4.69) is 22.9 Å². The minimum Gasteiger partial charge on any atom is -0.356 e. The maximum Gasteiger partial charge on any atom is 0.216 e. The van der Waals surface area contributed by atoms with E-state index in [-0.39, 0.29) is 5.91 Å². The highest BCUT2D eigenvalue weighted by Crippen LogP contribution is 2.08. The van der Waals surface area contributed by atoms with Crippen LogP contribution in [-0.4, -0.2) is 17.9 Å². The number of benzene rings is 1. The number of thiocarbonyl (C=S) groups is 1. The van der Waals surface area contributed by atoms with Gasteiger partial charge in [0.2, 0.25) is 5.91 Å². The summed E-state index contributed by atoms with van der Waals surface area (Å²) in [7, 11) is 0. The molecule has 0 fully saturated rings. The summed E-state index contributed by atoms with van der Waals surface area (Å²) in [6, 6.07) is 7.96. The van der Waals surface area contributed by atoms with E-state index in [9.17, 15) is 4.79 Å². The van der Waals surface area contributed by atoms with Crippen LogP contribution >= 0.6 is 12.2 Å². The molecule has 3 nitrogen and oxygen atoms in total. The molecule has 1 aromatic carbocycles. The molecule has 1 amide bonds. The third kappa shape index (κ3) is 4.56. The third-order valence-corrected chi connectivity index (χ3v) is 2.08. The molecule has 0 unspecified atom stereocenters. The number of hydrogen-bond acceptors (Lipinski definition) is 2. The average Bonchev–Trinajstić information content (AvgIpc) is 2.20. The Morgan fingerprint density at radius 3 is 2.60 bits per heavy atom. The Morgan fingerprint density at radius 2 is 2.07 bits per heavy atom. The molecule has 1 aromatic rings. The van der Waals surface area contributed by atoms with Gasteiger partial charge in [-0.1, -0.05) is 24.4 Å². The van der Waals surface area contributed by atoms with Crippen LogP contribution in [-0.2, 0) is 11.2 Å². The van der Waals surface area contributed by atoms with Gasteiger partial charge in [-0.05, 0) is 24.1 Å². The highest BCUT2D eigenvalue weighted by molar-refractivity contribution is 7.79. The molecule has 0 aliphatic heterocycles. The van der Waals surface area contributed by atoms with E-state index in [1.54, 1.807) is 0 Å². The summed E-state index contributed by atoms with van der Waals surface area (Å²) in [5, 5.41) is 5.69. The van der Waals surface area contributed by atoms with Crippen LogP contribution in [0, 0.1) is 0 Å². The first-order chi connectivity index (χ1) is 7.22. The van der Waals surface area contributed by atoms with Gasteiger partial charge in [-0.2, -0.15) is 0 Å². The van der Waals surface area contributed by atoms with Crippen LogP contribution in [0.15, 0.2) is 24.3 Å². The summed E-state index contributed by atoms with van der Waals surface area (Å²) in [5.74, 6) is 0.00833. The Kier molecular flexibility index (Phi) is 4.77. The number of carbonyl (C=O) groups is 1. The largest absolute Gasteiger partial charge is 0.356 e. The summed E-state index contributed by atoms with van der Waals surface area (Å²) in [6.45, 7) is 2.20. The molecule has 0 heterocycles. The fraction of sp³-hybridized carbons (Fsp3) is 0.273. The first kappa shape index (κ1) is 11.7. The summed E-state index contributed by atoms with van der Waals surface area (Å²) in [4.78, 5) is 10.6. The van der Waals surface area contributed by atoms with Crippen molar-refractivity contribution in [3.63, 3.8) is 0 Å². The van der Waals surface area contributed by atoms with Gasteiger partial charge in [-0.25, -0.2) is 0 Å². The highest BCUT2D eigenvalue weighted by atomic mass is 32.1. The van der Waals surface area contributed by atoms with Gasteiger partial charge in [-0.15, -0.1) is 0 Å². The average molecular weight is 222 g/mol. The number of amides is 1. The van der Waals surface area contributed by atoms with Crippen LogP contribution in [0.5, 0.6) is 0 Å². The molecule has 0 spiro atoms. The number of hydrogen-bond donors (Lipinski definition) is 2. The van der Waals surface area contributed by atoms with Crippen LogP contribution in [0.1, 0.15) is 12.5 Å². The molecule has 0 aromatic heterocycles. The maximum absolute atomic E-state index is 10.6. The zero-order valence-electron chi connectivity index (χ0n) is 8.62. The zero-order valence-corrected chi connectivity index (χ0v) is 9.43. The first-order valence-corrected chi connectivity index (χ1v) is 5.23. The summed E-state index contributed by atoms with van der Waals surface area (Å²) >= 11 is 4.68. The molecule has 0 aliphatic carbocycles. The molecule has 0 aliphatic rings. The van der Waals surface area contributed by atoms with Crippen molar-refractivity contribution in [1.29, 1.82) is 0 Å². The van der Waals surface area contributed by atoms with Crippen LogP contribution < -0.4 is 10.6 Å². The second kappa shape index (κ2) is 6.14. The van der Waals surface area contributed by atoms with Crippen LogP contribution in [0.3, 0.4) is 0 Å². The lowest BCUT2D eigenvalue weighted by molar-refractivity contribution is -0.118. The van der Waals surface area contributed by atoms with E-state index in [1.807, 2.05) is 24.3 Å². The van der Waals surface area contributed by atoms with Crippen LogP contribution in [0.2, 0.25) is 0 Å². The van der Waals surface area contributed by atoms with Gasteiger partial charge in [0.1, 0.15) is 0 Å². The Balaban J connectivity index is 2.42. The topological polar surface area (TPSA) is 41.1 Å². The van der Waals surface area contributed by atoms with Gasteiger partial charge in [0.15, 0.2) is 0 Å². The highest BCUT2D eigenvalue weighted by Gasteiger charge is 1.95. The van der Waals surface area contributed by atoms with E-state index in [1.165, 1.54) is 18.0 Å². The molecule has 15 heavy (non-hydrogen) atoms. The van der Waals surface area contributed by atoms with E-state index < -0.39 is 0 Å². The molecule has 0 saturated carbocycles. The lowest BCUT2D eigenvalue weighted by atomic mass is 10.1. The van der Waals surface area contributed by atoms with Crippen molar-refractivity contribution < 1.29 is 4.79 Å².